The molecule has 0 unspecified atom stereocenters. The van der Waals surface area contributed by atoms with Crippen LogP contribution < -0.4 is 0 Å². The monoisotopic (exact) mass is 291 g/mol. The van der Waals surface area contributed by atoms with Crippen LogP contribution in [0.25, 0.3) is 21.9 Å². The summed E-state index contributed by atoms with van der Waals surface area (Å²) in [6.07, 6.45) is 1.77. The summed E-state index contributed by atoms with van der Waals surface area (Å²) in [6.45, 7) is 5.94. The summed E-state index contributed by atoms with van der Waals surface area (Å²) < 4.78 is 6.62. The van der Waals surface area contributed by atoms with E-state index in [1.165, 1.54) is 0 Å². The molecule has 0 aliphatic carbocycles. The molecule has 0 amide bonds. The summed E-state index contributed by atoms with van der Waals surface area (Å²) >= 11 is 3.55. The minimum absolute atomic E-state index is 0.832. The first-order valence-corrected chi connectivity index (χ1v) is 6.49. The summed E-state index contributed by atoms with van der Waals surface area (Å²) in [6, 6.07) is 8.06. The van der Waals surface area contributed by atoms with E-state index in [9.17, 15) is 0 Å². The zero-order valence-corrected chi connectivity index (χ0v) is 11.7. The van der Waals surface area contributed by atoms with Crippen LogP contribution in [-0.2, 0) is 0 Å². The van der Waals surface area contributed by atoms with Gasteiger partial charge in [-0.3, -0.25) is 4.98 Å². The maximum Gasteiger partial charge on any atom is 0.154 e. The Morgan fingerprint density at radius 1 is 1.18 bits per heavy atom. The van der Waals surface area contributed by atoms with Gasteiger partial charge in [0.2, 0.25) is 0 Å². The number of nitrogens with zero attached hydrogens (tertiary/aromatic N) is 1. The van der Waals surface area contributed by atoms with Gasteiger partial charge in [-0.2, -0.15) is 0 Å². The van der Waals surface area contributed by atoms with Gasteiger partial charge in [-0.15, -0.1) is 0 Å². The summed E-state index contributed by atoms with van der Waals surface area (Å²) in [5.41, 5.74) is 1.82. The Balaban J connectivity index is 0.000000514. The number of para-hydroxylation sites is 1. The van der Waals surface area contributed by atoms with Crippen LogP contribution >= 0.6 is 15.9 Å². The van der Waals surface area contributed by atoms with E-state index in [0.29, 0.717) is 0 Å². The third kappa shape index (κ3) is 1.95. The minimum Gasteiger partial charge on any atom is -0.458 e. The van der Waals surface area contributed by atoms with Crippen molar-refractivity contribution in [3.05, 3.63) is 40.7 Å². The van der Waals surface area contributed by atoms with Crippen molar-refractivity contribution in [1.29, 1.82) is 0 Å². The molecule has 0 bridgehead atoms. The number of fused-ring (bicyclic) bond motifs is 3. The third-order valence-electron chi connectivity index (χ3n) is 2.53. The summed E-state index contributed by atoms with van der Waals surface area (Å²) in [5, 5.41) is 2.23. The maximum absolute atomic E-state index is 5.60. The van der Waals surface area contributed by atoms with E-state index in [2.05, 4.69) is 27.0 Å². The van der Waals surface area contributed by atoms with Crippen LogP contribution in [0.2, 0.25) is 0 Å². The number of benzene rings is 1. The first-order chi connectivity index (χ1) is 8.27. The Hall–Kier alpha value is -1.35. The number of halogens is 1. The third-order valence-corrected chi connectivity index (χ3v) is 3.49. The molecule has 0 spiro atoms. The standard InChI is InChI=1S/C12H8BrNO.C2H6/c1-7-12(13)11-8-4-2-3-5-9(8)14-6-10(11)15-7;1-2/h2-6H,1H3;1-2H3. The fourth-order valence-electron chi connectivity index (χ4n) is 1.81. The predicted octanol–water partition coefficient (Wildman–Crippen LogP) is 5.08. The first-order valence-electron chi connectivity index (χ1n) is 5.70. The molecule has 0 N–H and O–H groups in total. The van der Waals surface area contributed by atoms with Crippen LogP contribution in [0.3, 0.4) is 0 Å². The van der Waals surface area contributed by atoms with Crippen molar-refractivity contribution in [3.63, 3.8) is 0 Å². The lowest BCUT2D eigenvalue weighted by atomic mass is 10.1. The van der Waals surface area contributed by atoms with Gasteiger partial charge < -0.3 is 4.42 Å². The zero-order valence-electron chi connectivity index (χ0n) is 10.1. The van der Waals surface area contributed by atoms with Gasteiger partial charge in [0.05, 0.1) is 16.2 Å². The van der Waals surface area contributed by atoms with Gasteiger partial charge in [-0.05, 0) is 28.9 Å². The lowest BCUT2D eigenvalue weighted by Gasteiger charge is -1.97. The number of aromatic nitrogens is 1. The largest absolute Gasteiger partial charge is 0.458 e. The number of aryl methyl sites for hydroxylation is 1. The molecule has 1 aromatic carbocycles. The highest BCUT2D eigenvalue weighted by Gasteiger charge is 2.11. The number of pyridine rings is 1. The molecule has 0 aliphatic rings. The topological polar surface area (TPSA) is 26.0 Å². The molecular weight excluding hydrogens is 278 g/mol. The van der Waals surface area contributed by atoms with Crippen molar-refractivity contribution in [2.45, 2.75) is 20.8 Å². The predicted molar refractivity (Wildman–Crippen MR) is 75.3 cm³/mol. The SMILES string of the molecule is CC.Cc1oc2cnc3ccccc3c2c1Br. The summed E-state index contributed by atoms with van der Waals surface area (Å²) in [4.78, 5) is 4.35. The lowest BCUT2D eigenvalue weighted by molar-refractivity contribution is 0.575. The fraction of sp³-hybridized carbons (Fsp3) is 0.214. The highest BCUT2D eigenvalue weighted by molar-refractivity contribution is 9.10. The highest BCUT2D eigenvalue weighted by Crippen LogP contribution is 2.34. The maximum atomic E-state index is 5.60. The molecule has 0 saturated heterocycles. The molecule has 3 heteroatoms. The average Bonchev–Trinajstić information content (AvgIpc) is 2.68. The second kappa shape index (κ2) is 4.88. The van der Waals surface area contributed by atoms with Gasteiger partial charge in [0.25, 0.3) is 0 Å². The minimum atomic E-state index is 0.832. The quantitative estimate of drug-likeness (QED) is 0.577. The fourth-order valence-corrected chi connectivity index (χ4v) is 2.30. The molecule has 2 aromatic heterocycles. The molecule has 0 aliphatic heterocycles. The van der Waals surface area contributed by atoms with E-state index in [4.69, 9.17) is 4.42 Å². The smallest absolute Gasteiger partial charge is 0.154 e. The molecule has 88 valence electrons. The van der Waals surface area contributed by atoms with Crippen LogP contribution in [0, 0.1) is 6.92 Å². The Bertz CT molecular complexity index is 658. The molecule has 0 radical (unpaired) electrons. The van der Waals surface area contributed by atoms with Crippen molar-refractivity contribution in [1.82, 2.24) is 4.98 Å². The molecule has 3 aromatic rings. The van der Waals surface area contributed by atoms with Crippen molar-refractivity contribution in [3.8, 4) is 0 Å². The number of hydrogen-bond donors (Lipinski definition) is 0. The summed E-state index contributed by atoms with van der Waals surface area (Å²) in [5.74, 6) is 0.892. The second-order valence-corrected chi connectivity index (χ2v) is 4.28. The van der Waals surface area contributed by atoms with Crippen LogP contribution in [0.1, 0.15) is 19.6 Å². The molecule has 2 heterocycles. The van der Waals surface area contributed by atoms with E-state index < -0.39 is 0 Å². The molecule has 0 fully saturated rings. The molecule has 17 heavy (non-hydrogen) atoms. The van der Waals surface area contributed by atoms with Gasteiger partial charge >= 0.3 is 0 Å². The van der Waals surface area contributed by atoms with Gasteiger partial charge in [-0.25, -0.2) is 0 Å². The second-order valence-electron chi connectivity index (χ2n) is 3.49. The van der Waals surface area contributed by atoms with E-state index in [0.717, 1.165) is 32.1 Å². The highest BCUT2D eigenvalue weighted by atomic mass is 79.9. The van der Waals surface area contributed by atoms with Crippen LogP contribution in [0.5, 0.6) is 0 Å². The molecule has 0 atom stereocenters. The van der Waals surface area contributed by atoms with Crippen molar-refractivity contribution in [2.75, 3.05) is 0 Å². The van der Waals surface area contributed by atoms with E-state index in [-0.39, 0.29) is 0 Å². The van der Waals surface area contributed by atoms with Crippen LogP contribution in [0.15, 0.2) is 39.4 Å². The Kier molecular flexibility index (Phi) is 3.48. The van der Waals surface area contributed by atoms with Gasteiger partial charge in [0.15, 0.2) is 5.58 Å². The van der Waals surface area contributed by atoms with Crippen molar-refractivity contribution in [2.24, 2.45) is 0 Å². The number of hydrogen-bond acceptors (Lipinski definition) is 2. The van der Waals surface area contributed by atoms with Gasteiger partial charge in [-0.1, -0.05) is 32.0 Å². The van der Waals surface area contributed by atoms with Crippen molar-refractivity contribution >= 4 is 37.8 Å². The lowest BCUT2D eigenvalue weighted by Crippen LogP contribution is -1.78. The normalized spacial score (nSPS) is 10.4. The van der Waals surface area contributed by atoms with Crippen LogP contribution in [-0.4, -0.2) is 4.98 Å². The van der Waals surface area contributed by atoms with Gasteiger partial charge in [0, 0.05) is 10.8 Å². The van der Waals surface area contributed by atoms with E-state index >= 15 is 0 Å². The Labute approximate surface area is 109 Å². The first kappa shape index (κ1) is 12.1. The van der Waals surface area contributed by atoms with E-state index in [1.807, 2.05) is 39.0 Å². The summed E-state index contributed by atoms with van der Waals surface area (Å²) in [7, 11) is 0. The Morgan fingerprint density at radius 2 is 1.88 bits per heavy atom. The molecule has 2 nitrogen and oxygen atoms in total. The van der Waals surface area contributed by atoms with Crippen LogP contribution in [0.4, 0.5) is 0 Å². The molecule has 3 rings (SSSR count). The van der Waals surface area contributed by atoms with Gasteiger partial charge in [0.1, 0.15) is 5.76 Å². The number of furan rings is 1. The average molecular weight is 292 g/mol. The Morgan fingerprint density at radius 3 is 2.65 bits per heavy atom. The number of rotatable bonds is 0. The molecular formula is C14H14BrNO. The molecule has 0 saturated carbocycles. The zero-order chi connectivity index (χ0) is 12.4. The van der Waals surface area contributed by atoms with Crippen molar-refractivity contribution < 1.29 is 4.42 Å². The van der Waals surface area contributed by atoms with E-state index in [1.54, 1.807) is 6.20 Å².